The largest absolute Gasteiger partial charge is 0.426 e. The average molecular weight is 349 g/mol. The molecule has 5 heterocycles. The Hall–Kier alpha value is -0.890. The first-order valence-electron chi connectivity index (χ1n) is 9.93. The van der Waals surface area contributed by atoms with E-state index in [0.717, 1.165) is 57.5 Å². The van der Waals surface area contributed by atoms with Gasteiger partial charge in [0.25, 0.3) is 0 Å². The zero-order valence-electron chi connectivity index (χ0n) is 15.5. The molecule has 4 unspecified atom stereocenters. The summed E-state index contributed by atoms with van der Waals surface area (Å²) < 4.78 is 6.00. The number of piperidine rings is 1. The molecule has 0 saturated carbocycles. The number of piperazine rings is 2. The third kappa shape index (κ3) is 2.59. The van der Waals surface area contributed by atoms with E-state index >= 15 is 0 Å². The number of likely N-dealkylation sites (N-methyl/N-ethyl adjacent to an activating group) is 2. The first kappa shape index (κ1) is 16.3. The van der Waals surface area contributed by atoms with Gasteiger partial charge in [0.2, 0.25) is 0 Å². The number of carbonyl (C=O) groups excluding carboxylic acids is 1. The minimum Gasteiger partial charge on any atom is -0.426 e. The van der Waals surface area contributed by atoms with Gasteiger partial charge in [-0.05, 0) is 33.4 Å². The highest BCUT2D eigenvalue weighted by molar-refractivity contribution is 5.68. The molecule has 25 heavy (non-hydrogen) atoms. The van der Waals surface area contributed by atoms with Crippen LogP contribution in [0, 0.1) is 0 Å². The summed E-state index contributed by atoms with van der Waals surface area (Å²) in [4.78, 5) is 22.1. The van der Waals surface area contributed by atoms with Gasteiger partial charge in [-0.2, -0.15) is 0 Å². The van der Waals surface area contributed by atoms with Crippen LogP contribution in [0.2, 0.25) is 0 Å². The number of hydrogen-bond acceptors (Lipinski definition) is 6. The number of ether oxygens (including phenoxy) is 1. The Balaban J connectivity index is 1.15. The lowest BCUT2D eigenvalue weighted by atomic mass is 10.0. The Morgan fingerprint density at radius 1 is 1.08 bits per heavy atom. The first-order chi connectivity index (χ1) is 12.0. The van der Waals surface area contributed by atoms with Crippen LogP contribution in [0.15, 0.2) is 0 Å². The summed E-state index contributed by atoms with van der Waals surface area (Å²) in [5.41, 5.74) is -0.405. The summed E-state index contributed by atoms with van der Waals surface area (Å²) in [6.07, 6.45) is 4.33. The van der Waals surface area contributed by atoms with Gasteiger partial charge in [-0.1, -0.05) is 0 Å². The predicted octanol–water partition coefficient (Wildman–Crippen LogP) is -0.0207. The molecule has 0 aliphatic carbocycles. The molecule has 7 nitrogen and oxygen atoms in total. The second-order valence-corrected chi connectivity index (χ2v) is 8.87. The van der Waals surface area contributed by atoms with Crippen molar-refractivity contribution < 1.29 is 9.53 Å². The average Bonchev–Trinajstić information content (AvgIpc) is 3.34. The Labute approximate surface area is 150 Å². The molecule has 0 aromatic carbocycles. The molecular weight excluding hydrogens is 318 g/mol. The van der Waals surface area contributed by atoms with Crippen LogP contribution in [0.25, 0.3) is 0 Å². The summed E-state index contributed by atoms with van der Waals surface area (Å²) >= 11 is 0. The SMILES string of the molecule is CN1CC2CC1CN2C1CCN(C(=O)OC23CNC(CN2C)C3)CC1. The fourth-order valence-corrected chi connectivity index (χ4v) is 5.86. The van der Waals surface area contributed by atoms with E-state index < -0.39 is 5.72 Å². The third-order valence-electron chi connectivity index (χ3n) is 7.45. The van der Waals surface area contributed by atoms with Crippen molar-refractivity contribution >= 4 is 6.09 Å². The second kappa shape index (κ2) is 5.81. The van der Waals surface area contributed by atoms with Gasteiger partial charge in [-0.25, -0.2) is 4.79 Å². The molecule has 140 valence electrons. The summed E-state index contributed by atoms with van der Waals surface area (Å²) in [6, 6.07) is 2.63. The van der Waals surface area contributed by atoms with Gasteiger partial charge in [0, 0.05) is 63.3 Å². The van der Waals surface area contributed by atoms with Gasteiger partial charge in [-0.3, -0.25) is 9.80 Å². The van der Waals surface area contributed by atoms with Gasteiger partial charge >= 0.3 is 6.09 Å². The lowest BCUT2D eigenvalue weighted by molar-refractivity contribution is -0.0841. The number of likely N-dealkylation sites (tertiary alicyclic amines) is 4. The molecular formula is C18H31N5O2. The number of nitrogens with one attached hydrogen (secondary N) is 1. The van der Waals surface area contributed by atoms with Crippen LogP contribution in [0.3, 0.4) is 0 Å². The minimum absolute atomic E-state index is 0.114. The Kier molecular flexibility index (Phi) is 3.78. The number of rotatable bonds is 2. The number of amides is 1. The molecule has 5 rings (SSSR count). The van der Waals surface area contributed by atoms with Gasteiger partial charge in [0.1, 0.15) is 0 Å². The smallest absolute Gasteiger partial charge is 0.411 e. The molecule has 5 aliphatic heterocycles. The van der Waals surface area contributed by atoms with E-state index in [1.165, 1.54) is 19.5 Å². The molecule has 0 aromatic rings. The molecule has 0 radical (unpaired) electrons. The van der Waals surface area contributed by atoms with Gasteiger partial charge < -0.3 is 19.9 Å². The number of carbonyl (C=O) groups is 1. The zero-order chi connectivity index (χ0) is 17.2. The maximum absolute atomic E-state index is 12.7. The summed E-state index contributed by atoms with van der Waals surface area (Å²) in [6.45, 7) is 5.85. The normalized spacial score (nSPS) is 42.6. The third-order valence-corrected chi connectivity index (χ3v) is 7.45. The van der Waals surface area contributed by atoms with Crippen LogP contribution in [0.4, 0.5) is 4.79 Å². The van der Waals surface area contributed by atoms with Crippen LogP contribution in [-0.4, -0.2) is 109 Å². The van der Waals surface area contributed by atoms with E-state index in [9.17, 15) is 4.79 Å². The highest BCUT2D eigenvalue weighted by atomic mass is 16.6. The highest BCUT2D eigenvalue weighted by Gasteiger charge is 2.53. The van der Waals surface area contributed by atoms with E-state index in [0.29, 0.717) is 12.1 Å². The Bertz CT molecular complexity index is 550. The van der Waals surface area contributed by atoms with Gasteiger partial charge in [0.15, 0.2) is 5.72 Å². The van der Waals surface area contributed by atoms with Crippen molar-refractivity contribution in [2.24, 2.45) is 0 Å². The second-order valence-electron chi connectivity index (χ2n) is 8.87. The molecule has 7 heteroatoms. The van der Waals surface area contributed by atoms with Crippen LogP contribution in [0.5, 0.6) is 0 Å². The monoisotopic (exact) mass is 349 g/mol. The number of fused-ring (bicyclic) bond motifs is 4. The topological polar surface area (TPSA) is 51.3 Å². The Morgan fingerprint density at radius 2 is 1.88 bits per heavy atom. The lowest BCUT2D eigenvalue weighted by Crippen LogP contribution is -2.56. The molecule has 1 amide bonds. The van der Waals surface area contributed by atoms with Crippen molar-refractivity contribution in [2.75, 3.05) is 53.4 Å². The van der Waals surface area contributed by atoms with Crippen molar-refractivity contribution in [1.29, 1.82) is 0 Å². The van der Waals surface area contributed by atoms with Gasteiger partial charge in [0.05, 0.1) is 6.54 Å². The van der Waals surface area contributed by atoms with Crippen LogP contribution >= 0.6 is 0 Å². The van der Waals surface area contributed by atoms with Crippen molar-refractivity contribution in [3.05, 3.63) is 0 Å². The fraction of sp³-hybridized carbons (Fsp3) is 0.944. The number of hydrogen-bond donors (Lipinski definition) is 1. The van der Waals surface area contributed by atoms with Crippen molar-refractivity contribution in [2.45, 2.75) is 55.6 Å². The van der Waals surface area contributed by atoms with E-state index in [4.69, 9.17) is 4.74 Å². The van der Waals surface area contributed by atoms with Gasteiger partial charge in [-0.15, -0.1) is 0 Å². The minimum atomic E-state index is -0.405. The highest BCUT2D eigenvalue weighted by Crippen LogP contribution is 2.36. The maximum Gasteiger partial charge on any atom is 0.411 e. The fourth-order valence-electron chi connectivity index (χ4n) is 5.86. The molecule has 5 fully saturated rings. The predicted molar refractivity (Wildman–Crippen MR) is 94.4 cm³/mol. The number of nitrogens with zero attached hydrogens (tertiary/aromatic N) is 4. The summed E-state index contributed by atoms with van der Waals surface area (Å²) in [7, 11) is 4.32. The van der Waals surface area contributed by atoms with E-state index in [1.54, 1.807) is 0 Å². The van der Waals surface area contributed by atoms with E-state index in [2.05, 4.69) is 34.1 Å². The van der Waals surface area contributed by atoms with Crippen molar-refractivity contribution in [1.82, 2.24) is 24.9 Å². The molecule has 1 N–H and O–H groups in total. The van der Waals surface area contributed by atoms with Crippen LogP contribution in [0.1, 0.15) is 25.7 Å². The van der Waals surface area contributed by atoms with E-state index in [-0.39, 0.29) is 6.09 Å². The summed E-state index contributed by atoms with van der Waals surface area (Å²) in [5, 5.41) is 3.45. The molecule has 5 aliphatic rings. The van der Waals surface area contributed by atoms with Crippen LogP contribution < -0.4 is 5.32 Å². The first-order valence-corrected chi connectivity index (χ1v) is 9.93. The molecule has 5 saturated heterocycles. The molecule has 4 bridgehead atoms. The summed E-state index contributed by atoms with van der Waals surface area (Å²) in [5.74, 6) is 0. The molecule has 0 spiro atoms. The quantitative estimate of drug-likeness (QED) is 0.756. The van der Waals surface area contributed by atoms with Crippen LogP contribution in [-0.2, 0) is 4.74 Å². The van der Waals surface area contributed by atoms with E-state index in [1.807, 2.05) is 4.90 Å². The molecule has 4 atom stereocenters. The standard InChI is InChI=1S/C18H31N5O2/c1-20-10-16-7-15(20)11-23(16)14-3-5-22(6-4-14)17(24)25-18-8-13(19-12-18)9-21(18)2/h13-16,19H,3-12H2,1-2H3. The van der Waals surface area contributed by atoms with Crippen molar-refractivity contribution in [3.8, 4) is 0 Å². The van der Waals surface area contributed by atoms with Crippen molar-refractivity contribution in [3.63, 3.8) is 0 Å². The zero-order valence-corrected chi connectivity index (χ0v) is 15.5. The Morgan fingerprint density at radius 3 is 2.44 bits per heavy atom. The molecule has 0 aromatic heterocycles. The lowest BCUT2D eigenvalue weighted by Gasteiger charge is -2.42. The maximum atomic E-state index is 12.7.